The summed E-state index contributed by atoms with van der Waals surface area (Å²) in [4.78, 5) is 14.3. The summed E-state index contributed by atoms with van der Waals surface area (Å²) < 4.78 is 11.6. The molecular weight excluding hydrogens is 411 g/mol. The Kier molecular flexibility index (Phi) is 8.04. The number of nitrogens with two attached hydrogens (primary N) is 1. The highest BCUT2D eigenvalue weighted by atomic mass is 35.5. The SMILES string of the molecule is NC(=O)C(Oc1ccc(Cl)cc1)C1CCN(CCCOc2ccc(Cl)cc2)CC1. The second-order valence-electron chi connectivity index (χ2n) is 7.23. The molecule has 0 radical (unpaired) electrons. The van der Waals surface area contributed by atoms with Gasteiger partial charge in [0.1, 0.15) is 11.5 Å². The third-order valence-electron chi connectivity index (χ3n) is 5.12. The Morgan fingerprint density at radius 1 is 1.00 bits per heavy atom. The number of hydrogen-bond acceptors (Lipinski definition) is 4. The minimum atomic E-state index is -0.619. The van der Waals surface area contributed by atoms with Gasteiger partial charge in [-0.25, -0.2) is 0 Å². The molecule has 2 aromatic rings. The standard InChI is InChI=1S/C22H26Cl2N2O3/c23-17-2-6-19(7-3-17)28-15-1-12-26-13-10-16(11-14-26)21(22(25)27)29-20-8-4-18(24)5-9-20/h2-9,16,21H,1,10-15H2,(H2,25,27). The van der Waals surface area contributed by atoms with Crippen LogP contribution in [0.15, 0.2) is 48.5 Å². The van der Waals surface area contributed by atoms with Gasteiger partial charge in [-0.05, 0) is 80.9 Å². The highest BCUT2D eigenvalue weighted by Crippen LogP contribution is 2.26. The van der Waals surface area contributed by atoms with Crippen molar-refractivity contribution in [2.45, 2.75) is 25.4 Å². The fourth-order valence-electron chi connectivity index (χ4n) is 3.53. The van der Waals surface area contributed by atoms with Crippen molar-refractivity contribution < 1.29 is 14.3 Å². The maximum absolute atomic E-state index is 12.0. The van der Waals surface area contributed by atoms with Gasteiger partial charge in [-0.15, -0.1) is 0 Å². The van der Waals surface area contributed by atoms with Crippen LogP contribution in [-0.2, 0) is 4.79 Å². The number of piperidine rings is 1. The molecule has 2 aromatic carbocycles. The fraction of sp³-hybridized carbons (Fsp3) is 0.409. The minimum absolute atomic E-state index is 0.116. The quantitative estimate of drug-likeness (QED) is 0.591. The van der Waals surface area contributed by atoms with Gasteiger partial charge in [-0.3, -0.25) is 4.79 Å². The molecule has 1 heterocycles. The molecule has 1 saturated heterocycles. The van der Waals surface area contributed by atoms with E-state index in [0.29, 0.717) is 22.4 Å². The first kappa shape index (κ1) is 21.8. The van der Waals surface area contributed by atoms with E-state index in [4.69, 9.17) is 38.4 Å². The number of benzene rings is 2. The van der Waals surface area contributed by atoms with Crippen molar-refractivity contribution in [3.05, 3.63) is 58.6 Å². The predicted octanol–water partition coefficient (Wildman–Crippen LogP) is 4.41. The average Bonchev–Trinajstić information content (AvgIpc) is 2.72. The molecule has 5 nitrogen and oxygen atoms in total. The van der Waals surface area contributed by atoms with E-state index in [9.17, 15) is 4.79 Å². The molecule has 1 fully saturated rings. The Labute approximate surface area is 181 Å². The Bertz CT molecular complexity index is 776. The lowest BCUT2D eigenvalue weighted by Gasteiger charge is -2.34. The van der Waals surface area contributed by atoms with Crippen LogP contribution in [0.1, 0.15) is 19.3 Å². The summed E-state index contributed by atoms with van der Waals surface area (Å²) in [5.74, 6) is 1.14. The third-order valence-corrected chi connectivity index (χ3v) is 5.62. The van der Waals surface area contributed by atoms with Gasteiger partial charge in [-0.1, -0.05) is 23.2 Å². The molecule has 1 aliphatic heterocycles. The Balaban J connectivity index is 1.40. The highest BCUT2D eigenvalue weighted by Gasteiger charge is 2.31. The second kappa shape index (κ2) is 10.7. The first-order valence-electron chi connectivity index (χ1n) is 9.83. The molecule has 0 spiro atoms. The number of rotatable bonds is 9. The summed E-state index contributed by atoms with van der Waals surface area (Å²) in [5.41, 5.74) is 5.61. The summed E-state index contributed by atoms with van der Waals surface area (Å²) in [6, 6.07) is 14.4. The van der Waals surface area contributed by atoms with Crippen molar-refractivity contribution in [3.8, 4) is 11.5 Å². The van der Waals surface area contributed by atoms with E-state index in [-0.39, 0.29) is 5.92 Å². The summed E-state index contributed by atoms with van der Waals surface area (Å²) in [7, 11) is 0. The monoisotopic (exact) mass is 436 g/mol. The molecule has 7 heteroatoms. The zero-order chi connectivity index (χ0) is 20.6. The Morgan fingerprint density at radius 2 is 1.55 bits per heavy atom. The lowest BCUT2D eigenvalue weighted by molar-refractivity contribution is -0.128. The fourth-order valence-corrected chi connectivity index (χ4v) is 3.79. The largest absolute Gasteiger partial charge is 0.494 e. The topological polar surface area (TPSA) is 64.8 Å². The van der Waals surface area contributed by atoms with E-state index in [0.717, 1.165) is 44.6 Å². The molecule has 0 saturated carbocycles. The van der Waals surface area contributed by atoms with Crippen LogP contribution < -0.4 is 15.2 Å². The first-order chi connectivity index (χ1) is 14.0. The van der Waals surface area contributed by atoms with Gasteiger partial charge in [0.25, 0.3) is 5.91 Å². The number of carbonyl (C=O) groups excluding carboxylic acids is 1. The minimum Gasteiger partial charge on any atom is -0.494 e. The Morgan fingerprint density at radius 3 is 2.10 bits per heavy atom. The normalized spacial score (nSPS) is 16.3. The van der Waals surface area contributed by atoms with Gasteiger partial charge in [0.2, 0.25) is 0 Å². The van der Waals surface area contributed by atoms with Crippen LogP contribution in [0.25, 0.3) is 0 Å². The maximum atomic E-state index is 12.0. The first-order valence-corrected chi connectivity index (χ1v) is 10.6. The van der Waals surface area contributed by atoms with Crippen LogP contribution in [0, 0.1) is 5.92 Å². The number of likely N-dealkylation sites (tertiary alicyclic amines) is 1. The molecule has 1 unspecified atom stereocenters. The number of primary amides is 1. The summed E-state index contributed by atoms with van der Waals surface area (Å²) in [6.07, 6.45) is 2.07. The molecule has 1 atom stereocenters. The van der Waals surface area contributed by atoms with E-state index >= 15 is 0 Å². The predicted molar refractivity (Wildman–Crippen MR) is 116 cm³/mol. The van der Waals surface area contributed by atoms with Crippen molar-refractivity contribution in [2.75, 3.05) is 26.2 Å². The van der Waals surface area contributed by atoms with Gasteiger partial charge in [0, 0.05) is 22.5 Å². The number of ether oxygens (including phenoxy) is 2. The van der Waals surface area contributed by atoms with Crippen LogP contribution in [0.2, 0.25) is 10.0 Å². The molecule has 0 aromatic heterocycles. The molecule has 1 aliphatic rings. The van der Waals surface area contributed by atoms with Crippen molar-refractivity contribution in [3.63, 3.8) is 0 Å². The Hall–Kier alpha value is -1.95. The number of halogens is 2. The molecule has 2 N–H and O–H groups in total. The van der Waals surface area contributed by atoms with Gasteiger partial charge < -0.3 is 20.1 Å². The van der Waals surface area contributed by atoms with Crippen LogP contribution in [0.4, 0.5) is 0 Å². The summed E-state index contributed by atoms with van der Waals surface area (Å²) in [5, 5.41) is 1.33. The molecular formula is C22H26Cl2N2O3. The smallest absolute Gasteiger partial charge is 0.258 e. The van der Waals surface area contributed by atoms with Crippen LogP contribution in [0.3, 0.4) is 0 Å². The molecule has 0 bridgehead atoms. The average molecular weight is 437 g/mol. The zero-order valence-electron chi connectivity index (χ0n) is 16.2. The molecule has 3 rings (SSSR count). The maximum Gasteiger partial charge on any atom is 0.258 e. The zero-order valence-corrected chi connectivity index (χ0v) is 17.7. The molecule has 156 valence electrons. The molecule has 0 aliphatic carbocycles. The van der Waals surface area contributed by atoms with Crippen molar-refractivity contribution in [2.24, 2.45) is 11.7 Å². The van der Waals surface area contributed by atoms with Gasteiger partial charge >= 0.3 is 0 Å². The number of amides is 1. The van der Waals surface area contributed by atoms with E-state index in [1.165, 1.54) is 0 Å². The van der Waals surface area contributed by atoms with E-state index in [2.05, 4.69) is 4.90 Å². The number of hydrogen-bond donors (Lipinski definition) is 1. The van der Waals surface area contributed by atoms with Crippen LogP contribution >= 0.6 is 23.2 Å². The third kappa shape index (κ3) is 6.81. The lowest BCUT2D eigenvalue weighted by atomic mass is 9.90. The van der Waals surface area contributed by atoms with Crippen molar-refractivity contribution >= 4 is 29.1 Å². The van der Waals surface area contributed by atoms with Gasteiger partial charge in [0.15, 0.2) is 6.10 Å². The highest BCUT2D eigenvalue weighted by molar-refractivity contribution is 6.30. The van der Waals surface area contributed by atoms with Crippen molar-refractivity contribution in [1.29, 1.82) is 0 Å². The lowest BCUT2D eigenvalue weighted by Crippen LogP contribution is -2.45. The summed E-state index contributed by atoms with van der Waals surface area (Å²) >= 11 is 11.8. The second-order valence-corrected chi connectivity index (χ2v) is 8.10. The molecule has 1 amide bonds. The van der Waals surface area contributed by atoms with E-state index in [1.54, 1.807) is 24.3 Å². The summed E-state index contributed by atoms with van der Waals surface area (Å²) in [6.45, 7) is 3.45. The van der Waals surface area contributed by atoms with Crippen LogP contribution in [0.5, 0.6) is 11.5 Å². The number of nitrogens with zero attached hydrogens (tertiary/aromatic N) is 1. The molecule has 29 heavy (non-hydrogen) atoms. The van der Waals surface area contributed by atoms with E-state index < -0.39 is 12.0 Å². The number of carbonyl (C=O) groups is 1. The van der Waals surface area contributed by atoms with E-state index in [1.807, 2.05) is 24.3 Å². The van der Waals surface area contributed by atoms with Crippen LogP contribution in [-0.4, -0.2) is 43.2 Å². The van der Waals surface area contributed by atoms with Gasteiger partial charge in [-0.2, -0.15) is 0 Å². The van der Waals surface area contributed by atoms with Gasteiger partial charge in [0.05, 0.1) is 6.61 Å². The van der Waals surface area contributed by atoms with Crippen molar-refractivity contribution in [1.82, 2.24) is 4.90 Å².